The van der Waals surface area contributed by atoms with Gasteiger partial charge in [-0.25, -0.2) is 8.78 Å². The van der Waals surface area contributed by atoms with Crippen LogP contribution in [0.15, 0.2) is 52.3 Å². The van der Waals surface area contributed by atoms with Crippen LogP contribution >= 0.6 is 34.2 Å². The Hall–Kier alpha value is -0.880. The molecule has 0 N–H and O–H groups in total. The van der Waals surface area contributed by atoms with Crippen LogP contribution in [0.2, 0.25) is 5.02 Å². The van der Waals surface area contributed by atoms with E-state index in [9.17, 15) is 8.78 Å². The number of benzene rings is 1. The van der Waals surface area contributed by atoms with E-state index < -0.39 is 6.43 Å². The van der Waals surface area contributed by atoms with Gasteiger partial charge >= 0.3 is 0 Å². The summed E-state index contributed by atoms with van der Waals surface area (Å²) >= 11 is 7.93. The molecule has 1 heterocycles. The number of alkyl halides is 2. The average molecular weight is 394 g/mol. The summed E-state index contributed by atoms with van der Waals surface area (Å²) in [5.41, 5.74) is 2.14. The molecule has 0 saturated carbocycles. The topological polar surface area (TPSA) is 3.24 Å². The third-order valence-corrected chi connectivity index (χ3v) is 3.97. The van der Waals surface area contributed by atoms with Crippen LogP contribution in [-0.4, -0.2) is 17.9 Å². The van der Waals surface area contributed by atoms with Crippen LogP contribution in [0.1, 0.15) is 5.56 Å². The van der Waals surface area contributed by atoms with E-state index in [4.69, 9.17) is 11.6 Å². The second-order valence-corrected chi connectivity index (χ2v) is 5.62. The third kappa shape index (κ3) is 3.36. The molecule has 1 aromatic rings. The number of hydrogen-bond donors (Lipinski definition) is 0. The first-order chi connectivity index (χ1) is 8.99. The maximum Gasteiger partial charge on any atom is 0.256 e. The monoisotopic (exact) mass is 393 g/mol. The summed E-state index contributed by atoms with van der Waals surface area (Å²) in [5.74, 6) is 0. The van der Waals surface area contributed by atoms with Crippen LogP contribution in [0, 0.1) is 0 Å². The maximum absolute atomic E-state index is 12.7. The van der Waals surface area contributed by atoms with Crippen molar-refractivity contribution in [1.29, 1.82) is 0 Å². The van der Waals surface area contributed by atoms with Gasteiger partial charge in [0.15, 0.2) is 0 Å². The van der Waals surface area contributed by atoms with Crippen LogP contribution in [0.25, 0.3) is 5.70 Å². The SMILES string of the molecule is C=C1C(I)=CC=C(c2ccc(Cl)cc2)N1CC(F)F. The zero-order chi connectivity index (χ0) is 14.0. The number of rotatable bonds is 3. The summed E-state index contributed by atoms with van der Waals surface area (Å²) in [5, 5.41) is 0.615. The molecule has 1 nitrogen and oxygen atoms in total. The molecule has 0 atom stereocenters. The van der Waals surface area contributed by atoms with Gasteiger partial charge in [-0.05, 0) is 52.4 Å². The second kappa shape index (κ2) is 6.05. The highest BCUT2D eigenvalue weighted by molar-refractivity contribution is 14.1. The molecule has 0 bridgehead atoms. The van der Waals surface area contributed by atoms with Gasteiger partial charge in [0, 0.05) is 20.0 Å². The molecule has 5 heteroatoms. The lowest BCUT2D eigenvalue weighted by Gasteiger charge is -2.31. The minimum Gasteiger partial charge on any atom is -0.335 e. The van der Waals surface area contributed by atoms with E-state index in [1.807, 2.05) is 24.3 Å². The fourth-order valence-corrected chi connectivity index (χ4v) is 2.43. The Morgan fingerprint density at radius 1 is 1.21 bits per heavy atom. The fraction of sp³-hybridized carbons (Fsp3) is 0.143. The van der Waals surface area contributed by atoms with E-state index in [0.29, 0.717) is 16.4 Å². The maximum atomic E-state index is 12.7. The van der Waals surface area contributed by atoms with E-state index >= 15 is 0 Å². The highest BCUT2D eigenvalue weighted by Crippen LogP contribution is 2.34. The lowest BCUT2D eigenvalue weighted by atomic mass is 10.1. The van der Waals surface area contributed by atoms with E-state index in [-0.39, 0.29) is 6.54 Å². The summed E-state index contributed by atoms with van der Waals surface area (Å²) in [4.78, 5) is 1.54. The molecule has 0 saturated heterocycles. The van der Waals surface area contributed by atoms with E-state index in [1.165, 1.54) is 4.90 Å². The molecule has 100 valence electrons. The molecule has 0 spiro atoms. The van der Waals surface area contributed by atoms with Gasteiger partial charge < -0.3 is 4.90 Å². The van der Waals surface area contributed by atoms with Crippen molar-refractivity contribution in [3.05, 3.63) is 62.9 Å². The van der Waals surface area contributed by atoms with Crippen LogP contribution in [0.4, 0.5) is 8.78 Å². The van der Waals surface area contributed by atoms with Gasteiger partial charge in [-0.3, -0.25) is 0 Å². The number of halogens is 4. The van der Waals surface area contributed by atoms with Crippen molar-refractivity contribution in [3.8, 4) is 0 Å². The molecule has 19 heavy (non-hydrogen) atoms. The summed E-state index contributed by atoms with van der Waals surface area (Å²) < 4.78 is 26.3. The molecule has 0 radical (unpaired) electrons. The number of nitrogens with zero attached hydrogens (tertiary/aromatic N) is 1. The van der Waals surface area contributed by atoms with Crippen molar-refractivity contribution in [2.45, 2.75) is 6.43 Å². The number of allylic oxidation sites excluding steroid dienone is 3. The van der Waals surface area contributed by atoms with Crippen LogP contribution in [0.5, 0.6) is 0 Å². The first-order valence-corrected chi connectivity index (χ1v) is 7.03. The Kier molecular flexibility index (Phi) is 4.62. The minimum absolute atomic E-state index is 0.367. The van der Waals surface area contributed by atoms with Crippen molar-refractivity contribution in [1.82, 2.24) is 4.90 Å². The molecular formula is C14H11ClF2IN. The first kappa shape index (κ1) is 14.5. The molecule has 1 aliphatic heterocycles. The van der Waals surface area contributed by atoms with Gasteiger partial charge in [-0.2, -0.15) is 0 Å². The first-order valence-electron chi connectivity index (χ1n) is 5.57. The molecule has 0 fully saturated rings. The summed E-state index contributed by atoms with van der Waals surface area (Å²) in [6.45, 7) is 3.51. The zero-order valence-electron chi connectivity index (χ0n) is 9.91. The predicted molar refractivity (Wildman–Crippen MR) is 83.4 cm³/mol. The molecular weight excluding hydrogens is 383 g/mol. The lowest BCUT2D eigenvalue weighted by Crippen LogP contribution is -2.28. The van der Waals surface area contributed by atoms with Crippen molar-refractivity contribution >= 4 is 39.9 Å². The molecule has 0 amide bonds. The molecule has 0 unspecified atom stereocenters. The summed E-state index contributed by atoms with van der Waals surface area (Å²) in [6, 6.07) is 7.10. The Balaban J connectivity index is 2.39. The highest BCUT2D eigenvalue weighted by Gasteiger charge is 2.22. The molecule has 1 aliphatic rings. The second-order valence-electron chi connectivity index (χ2n) is 4.02. The van der Waals surface area contributed by atoms with Gasteiger partial charge in [-0.15, -0.1) is 0 Å². The Morgan fingerprint density at radius 3 is 2.42 bits per heavy atom. The van der Waals surface area contributed by atoms with E-state index in [0.717, 1.165) is 9.14 Å². The largest absolute Gasteiger partial charge is 0.335 e. The Bertz CT molecular complexity index is 549. The molecule has 0 aromatic heterocycles. The van der Waals surface area contributed by atoms with Crippen LogP contribution < -0.4 is 0 Å². The van der Waals surface area contributed by atoms with Crippen LogP contribution in [0.3, 0.4) is 0 Å². The standard InChI is InChI=1S/C14H11ClF2IN/c1-9-12(18)6-7-13(19(9)8-14(16)17)10-2-4-11(15)5-3-10/h2-7,14H,1,8H2. The number of hydrogen-bond acceptors (Lipinski definition) is 1. The van der Waals surface area contributed by atoms with Crippen LogP contribution in [-0.2, 0) is 0 Å². The minimum atomic E-state index is -2.42. The molecule has 2 rings (SSSR count). The third-order valence-electron chi connectivity index (χ3n) is 2.74. The van der Waals surface area contributed by atoms with E-state index in [1.54, 1.807) is 12.1 Å². The van der Waals surface area contributed by atoms with Gasteiger partial charge in [0.25, 0.3) is 6.43 Å². The normalized spacial score (nSPS) is 15.6. The highest BCUT2D eigenvalue weighted by atomic mass is 127. The van der Waals surface area contributed by atoms with Gasteiger partial charge in [-0.1, -0.05) is 30.3 Å². The fourth-order valence-electron chi connectivity index (χ4n) is 1.83. The quantitative estimate of drug-likeness (QED) is 0.646. The predicted octanol–water partition coefficient (Wildman–Crippen LogP) is 5.09. The Morgan fingerprint density at radius 2 is 1.84 bits per heavy atom. The molecule has 0 aliphatic carbocycles. The van der Waals surface area contributed by atoms with Crippen molar-refractivity contribution in [2.24, 2.45) is 0 Å². The summed E-state index contributed by atoms with van der Waals surface area (Å²) in [7, 11) is 0. The van der Waals surface area contributed by atoms with Gasteiger partial charge in [0.2, 0.25) is 0 Å². The molecule has 1 aromatic carbocycles. The van der Waals surface area contributed by atoms with Gasteiger partial charge in [0.1, 0.15) is 0 Å². The van der Waals surface area contributed by atoms with E-state index in [2.05, 4.69) is 29.2 Å². The lowest BCUT2D eigenvalue weighted by molar-refractivity contribution is 0.123. The van der Waals surface area contributed by atoms with Crippen molar-refractivity contribution in [2.75, 3.05) is 6.54 Å². The zero-order valence-corrected chi connectivity index (χ0v) is 12.8. The van der Waals surface area contributed by atoms with Crippen molar-refractivity contribution in [3.63, 3.8) is 0 Å². The summed E-state index contributed by atoms with van der Waals surface area (Å²) in [6.07, 6.45) is 1.27. The Labute approximate surface area is 129 Å². The van der Waals surface area contributed by atoms with Gasteiger partial charge in [0.05, 0.1) is 6.54 Å². The average Bonchev–Trinajstić information content (AvgIpc) is 2.36. The smallest absolute Gasteiger partial charge is 0.256 e. The van der Waals surface area contributed by atoms with Crippen molar-refractivity contribution < 1.29 is 8.78 Å².